The van der Waals surface area contributed by atoms with E-state index in [4.69, 9.17) is 32.7 Å². The van der Waals surface area contributed by atoms with Gasteiger partial charge in [0.25, 0.3) is 0 Å². The summed E-state index contributed by atoms with van der Waals surface area (Å²) in [6.07, 6.45) is 0.811. The summed E-state index contributed by atoms with van der Waals surface area (Å²) in [5.41, 5.74) is 0.516. The number of benzene rings is 2. The molecule has 0 bridgehead atoms. The van der Waals surface area contributed by atoms with Crippen molar-refractivity contribution in [2.75, 3.05) is 24.3 Å². The van der Waals surface area contributed by atoms with Gasteiger partial charge in [-0.25, -0.2) is 0 Å². The van der Waals surface area contributed by atoms with Gasteiger partial charge in [-0.2, -0.15) is 0 Å². The van der Waals surface area contributed by atoms with E-state index in [-0.39, 0.29) is 11.7 Å². The van der Waals surface area contributed by atoms with Crippen molar-refractivity contribution in [2.45, 2.75) is 11.3 Å². The Bertz CT molecular complexity index is 737. The minimum atomic E-state index is -0.147. The molecule has 1 heterocycles. The first-order valence-corrected chi connectivity index (χ1v) is 9.13. The number of halogens is 2. The molecule has 0 saturated heterocycles. The average Bonchev–Trinajstić information content (AvgIpc) is 2.79. The Morgan fingerprint density at radius 3 is 2.46 bits per heavy atom. The van der Waals surface area contributed by atoms with Gasteiger partial charge in [0, 0.05) is 28.5 Å². The quantitative estimate of drug-likeness (QED) is 0.763. The second-order valence-corrected chi connectivity index (χ2v) is 7.01. The molecule has 2 aromatic carbocycles. The lowest BCUT2D eigenvalue weighted by atomic mass is 10.2. The second-order valence-electron chi connectivity index (χ2n) is 5.12. The maximum absolute atomic E-state index is 12.2. The number of fused-ring (bicyclic) bond motifs is 1. The molecule has 0 saturated carbocycles. The molecule has 1 aliphatic heterocycles. The zero-order chi connectivity index (χ0) is 16.9. The molecule has 2 aromatic rings. The summed E-state index contributed by atoms with van der Waals surface area (Å²) in [6.45, 7) is 1.17. The Morgan fingerprint density at radius 1 is 1.08 bits per heavy atom. The van der Waals surface area contributed by atoms with Crippen LogP contribution in [0.3, 0.4) is 0 Å². The number of nitrogens with one attached hydrogen (secondary N) is 1. The molecule has 0 radical (unpaired) electrons. The van der Waals surface area contributed by atoms with Crippen molar-refractivity contribution in [3.8, 4) is 11.5 Å². The fourth-order valence-electron chi connectivity index (χ4n) is 2.15. The van der Waals surface area contributed by atoms with Crippen LogP contribution in [0, 0.1) is 0 Å². The summed E-state index contributed by atoms with van der Waals surface area (Å²) in [5.74, 6) is 1.32. The van der Waals surface area contributed by atoms with Crippen LogP contribution in [-0.4, -0.2) is 24.9 Å². The molecule has 0 aromatic heterocycles. The highest BCUT2D eigenvalue weighted by molar-refractivity contribution is 8.00. The van der Waals surface area contributed by atoms with Gasteiger partial charge >= 0.3 is 0 Å². The van der Waals surface area contributed by atoms with Crippen LogP contribution in [-0.2, 0) is 4.79 Å². The molecule has 3 rings (SSSR count). The Hall–Kier alpha value is -1.56. The highest BCUT2D eigenvalue weighted by Crippen LogP contribution is 2.37. The summed E-state index contributed by atoms with van der Waals surface area (Å²) in [4.78, 5) is 13.1. The van der Waals surface area contributed by atoms with Gasteiger partial charge in [0.05, 0.1) is 29.7 Å². The molecule has 24 heavy (non-hydrogen) atoms. The maximum Gasteiger partial charge on any atom is 0.234 e. The first-order valence-electron chi connectivity index (χ1n) is 7.39. The van der Waals surface area contributed by atoms with E-state index in [2.05, 4.69) is 5.32 Å². The lowest BCUT2D eigenvalue weighted by molar-refractivity contribution is -0.113. The Labute approximate surface area is 154 Å². The number of anilines is 1. The van der Waals surface area contributed by atoms with E-state index in [1.807, 2.05) is 12.1 Å². The third-order valence-electron chi connectivity index (χ3n) is 3.29. The van der Waals surface area contributed by atoms with E-state index in [0.717, 1.165) is 11.3 Å². The van der Waals surface area contributed by atoms with Crippen molar-refractivity contribution in [3.05, 3.63) is 46.4 Å². The molecule has 126 valence electrons. The molecule has 1 amide bonds. The molecule has 1 N–H and O–H groups in total. The van der Waals surface area contributed by atoms with E-state index >= 15 is 0 Å². The lowest BCUT2D eigenvalue weighted by Crippen LogP contribution is -2.14. The number of amides is 1. The Kier molecular flexibility index (Phi) is 5.76. The van der Waals surface area contributed by atoms with Crippen LogP contribution < -0.4 is 14.8 Å². The van der Waals surface area contributed by atoms with E-state index in [1.165, 1.54) is 11.8 Å². The fourth-order valence-corrected chi connectivity index (χ4v) is 3.17. The minimum absolute atomic E-state index is 0.147. The number of rotatable bonds is 4. The van der Waals surface area contributed by atoms with E-state index < -0.39 is 0 Å². The fraction of sp³-hybridized carbons (Fsp3) is 0.235. The second kappa shape index (κ2) is 8.01. The monoisotopic (exact) mass is 383 g/mol. The van der Waals surface area contributed by atoms with Gasteiger partial charge in [-0.15, -0.1) is 11.8 Å². The van der Waals surface area contributed by atoms with E-state index in [9.17, 15) is 4.79 Å². The normalized spacial score (nSPS) is 13.2. The molecule has 0 aliphatic carbocycles. The lowest BCUT2D eigenvalue weighted by Gasteiger charge is -2.12. The maximum atomic E-state index is 12.2. The van der Waals surface area contributed by atoms with Gasteiger partial charge in [-0.05, 0) is 24.3 Å². The van der Waals surface area contributed by atoms with Crippen molar-refractivity contribution < 1.29 is 14.3 Å². The van der Waals surface area contributed by atoms with Crippen LogP contribution in [0.15, 0.2) is 41.3 Å². The van der Waals surface area contributed by atoms with Crippen molar-refractivity contribution in [3.63, 3.8) is 0 Å². The number of carbonyl (C=O) groups is 1. The largest absolute Gasteiger partial charge is 0.490 e. The van der Waals surface area contributed by atoms with Gasteiger partial charge < -0.3 is 14.8 Å². The summed E-state index contributed by atoms with van der Waals surface area (Å²) in [6, 6.07) is 10.7. The summed E-state index contributed by atoms with van der Waals surface area (Å²) < 4.78 is 11.2. The number of thioether (sulfide) groups is 1. The highest BCUT2D eigenvalue weighted by Gasteiger charge is 2.15. The van der Waals surface area contributed by atoms with Gasteiger partial charge in [0.2, 0.25) is 5.91 Å². The summed E-state index contributed by atoms with van der Waals surface area (Å²) in [5, 5.41) is 3.90. The van der Waals surface area contributed by atoms with Gasteiger partial charge in [-0.1, -0.05) is 23.2 Å². The summed E-state index contributed by atoms with van der Waals surface area (Å²) in [7, 11) is 0. The molecule has 0 atom stereocenters. The van der Waals surface area contributed by atoms with Crippen molar-refractivity contribution in [1.82, 2.24) is 0 Å². The number of hydrogen-bond acceptors (Lipinski definition) is 4. The van der Waals surface area contributed by atoms with Crippen LogP contribution >= 0.6 is 35.0 Å². The molecule has 0 fully saturated rings. The predicted octanol–water partition coefficient (Wildman–Crippen LogP) is 4.89. The minimum Gasteiger partial charge on any atom is -0.490 e. The van der Waals surface area contributed by atoms with Crippen LogP contribution in [0.25, 0.3) is 0 Å². The van der Waals surface area contributed by atoms with Crippen LogP contribution in [0.4, 0.5) is 5.69 Å². The SMILES string of the molecule is O=C(CSc1ccc(Cl)cc1)Nc1cc2c(cc1Cl)OCCCO2. The van der Waals surface area contributed by atoms with Gasteiger partial charge in [0.15, 0.2) is 11.5 Å². The Balaban J connectivity index is 1.63. The van der Waals surface area contributed by atoms with Crippen LogP contribution in [0.5, 0.6) is 11.5 Å². The number of ether oxygens (including phenoxy) is 2. The van der Waals surface area contributed by atoms with Gasteiger partial charge in [-0.3, -0.25) is 4.79 Å². The first kappa shape index (κ1) is 17.3. The molecule has 0 spiro atoms. The van der Waals surface area contributed by atoms with Crippen molar-refractivity contribution in [2.24, 2.45) is 0 Å². The molecule has 4 nitrogen and oxygen atoms in total. The highest BCUT2D eigenvalue weighted by atomic mass is 35.5. The van der Waals surface area contributed by atoms with Crippen molar-refractivity contribution in [1.29, 1.82) is 0 Å². The Morgan fingerprint density at radius 2 is 1.75 bits per heavy atom. The van der Waals surface area contributed by atoms with Gasteiger partial charge in [0.1, 0.15) is 0 Å². The zero-order valence-electron chi connectivity index (χ0n) is 12.7. The predicted molar refractivity (Wildman–Crippen MR) is 97.9 cm³/mol. The topological polar surface area (TPSA) is 47.6 Å². The first-order chi connectivity index (χ1) is 11.6. The molecule has 1 aliphatic rings. The third-order valence-corrected chi connectivity index (χ3v) is 4.87. The van der Waals surface area contributed by atoms with Crippen LogP contribution in [0.2, 0.25) is 10.0 Å². The third kappa shape index (κ3) is 4.50. The smallest absolute Gasteiger partial charge is 0.234 e. The molecule has 7 heteroatoms. The number of hydrogen-bond donors (Lipinski definition) is 1. The molecular weight excluding hydrogens is 369 g/mol. The number of carbonyl (C=O) groups excluding carboxylic acids is 1. The zero-order valence-corrected chi connectivity index (χ0v) is 15.0. The summed E-state index contributed by atoms with van der Waals surface area (Å²) >= 11 is 13.5. The molecule has 0 unspecified atom stereocenters. The van der Waals surface area contributed by atoms with E-state index in [0.29, 0.717) is 40.4 Å². The van der Waals surface area contributed by atoms with Crippen molar-refractivity contribution >= 4 is 46.6 Å². The van der Waals surface area contributed by atoms with E-state index in [1.54, 1.807) is 24.3 Å². The standard InChI is InChI=1S/C17H15Cl2NO3S/c18-11-2-4-12(5-3-11)24-10-17(21)20-14-9-16-15(8-13(14)19)22-6-1-7-23-16/h2-5,8-9H,1,6-7,10H2,(H,20,21). The van der Waals surface area contributed by atoms with Crippen LogP contribution in [0.1, 0.15) is 6.42 Å². The average molecular weight is 384 g/mol. The molecular formula is C17H15Cl2NO3S.